The zero-order valence-electron chi connectivity index (χ0n) is 9.78. The largest absolute Gasteiger partial charge is 0.380 e. The Kier molecular flexibility index (Phi) is 6.18. The lowest BCUT2D eigenvalue weighted by Crippen LogP contribution is -2.31. The average Bonchev–Trinajstić information content (AvgIpc) is 2.33. The normalized spacial score (nSPS) is 12.2. The van der Waals surface area contributed by atoms with Gasteiger partial charge in [0.2, 0.25) is 5.91 Å². The topological polar surface area (TPSA) is 64.3 Å². The molecule has 0 aliphatic heterocycles. The number of hydrogen-bond acceptors (Lipinski definition) is 3. The van der Waals surface area contributed by atoms with Gasteiger partial charge in [-0.2, -0.15) is 0 Å². The third-order valence-electron chi connectivity index (χ3n) is 2.39. The fourth-order valence-corrected chi connectivity index (χ4v) is 1.84. The molecule has 0 fully saturated rings. The van der Waals surface area contributed by atoms with Crippen LogP contribution < -0.4 is 11.1 Å². The first-order valence-corrected chi connectivity index (χ1v) is 6.19. The van der Waals surface area contributed by atoms with Gasteiger partial charge in [0.1, 0.15) is 0 Å². The standard InChI is InChI=1S/C12H17BrN2O2/c1-17-11(7-14)6-12(16)15-8-9-3-2-4-10(13)5-9/h2-5,11H,6-8,14H2,1H3,(H,15,16). The third kappa shape index (κ3) is 5.30. The van der Waals surface area contributed by atoms with Crippen molar-refractivity contribution >= 4 is 21.8 Å². The van der Waals surface area contributed by atoms with Crippen molar-refractivity contribution in [3.8, 4) is 0 Å². The Morgan fingerprint density at radius 1 is 1.59 bits per heavy atom. The summed E-state index contributed by atoms with van der Waals surface area (Å²) < 4.78 is 6.05. The van der Waals surface area contributed by atoms with Crippen molar-refractivity contribution in [2.24, 2.45) is 5.73 Å². The zero-order chi connectivity index (χ0) is 12.7. The molecule has 1 rings (SSSR count). The van der Waals surface area contributed by atoms with E-state index >= 15 is 0 Å². The minimum atomic E-state index is -0.211. The number of methoxy groups -OCH3 is 1. The summed E-state index contributed by atoms with van der Waals surface area (Å²) in [7, 11) is 1.55. The molecule has 0 heterocycles. The first-order chi connectivity index (χ1) is 8.15. The number of carbonyl (C=O) groups excluding carboxylic acids is 1. The van der Waals surface area contributed by atoms with E-state index in [4.69, 9.17) is 10.5 Å². The molecule has 1 atom stereocenters. The van der Waals surface area contributed by atoms with Crippen LogP contribution in [0.3, 0.4) is 0 Å². The van der Waals surface area contributed by atoms with Gasteiger partial charge in [0, 0.05) is 24.7 Å². The van der Waals surface area contributed by atoms with E-state index in [0.717, 1.165) is 10.0 Å². The zero-order valence-corrected chi connectivity index (χ0v) is 11.4. The van der Waals surface area contributed by atoms with E-state index in [-0.39, 0.29) is 12.0 Å². The third-order valence-corrected chi connectivity index (χ3v) is 2.88. The second-order valence-corrected chi connectivity index (χ2v) is 4.62. The molecular weight excluding hydrogens is 284 g/mol. The van der Waals surface area contributed by atoms with Gasteiger partial charge in [0.15, 0.2) is 0 Å². The Balaban J connectivity index is 2.38. The molecule has 4 nitrogen and oxygen atoms in total. The van der Waals surface area contributed by atoms with Gasteiger partial charge in [0.25, 0.3) is 0 Å². The number of nitrogens with one attached hydrogen (secondary N) is 1. The quantitative estimate of drug-likeness (QED) is 0.835. The molecule has 0 radical (unpaired) electrons. The Hall–Kier alpha value is -0.910. The second kappa shape index (κ2) is 7.42. The predicted octanol–water partition coefficient (Wildman–Crippen LogP) is 1.43. The van der Waals surface area contributed by atoms with E-state index in [1.165, 1.54) is 0 Å². The summed E-state index contributed by atoms with van der Waals surface area (Å²) in [6.07, 6.45) is 0.0820. The number of hydrogen-bond donors (Lipinski definition) is 2. The van der Waals surface area contributed by atoms with Gasteiger partial charge in [-0.05, 0) is 17.7 Å². The van der Waals surface area contributed by atoms with Gasteiger partial charge in [-0.15, -0.1) is 0 Å². The first kappa shape index (κ1) is 14.2. The van der Waals surface area contributed by atoms with Gasteiger partial charge in [-0.25, -0.2) is 0 Å². The lowest BCUT2D eigenvalue weighted by atomic mass is 10.2. The molecule has 0 aliphatic carbocycles. The maximum Gasteiger partial charge on any atom is 0.222 e. The minimum Gasteiger partial charge on any atom is -0.380 e. The van der Waals surface area contributed by atoms with E-state index in [1.807, 2.05) is 24.3 Å². The average molecular weight is 301 g/mol. The van der Waals surface area contributed by atoms with Crippen LogP contribution in [-0.4, -0.2) is 25.7 Å². The van der Waals surface area contributed by atoms with Crippen LogP contribution in [0.2, 0.25) is 0 Å². The Labute approximate surface area is 110 Å². The van der Waals surface area contributed by atoms with Crippen molar-refractivity contribution in [2.45, 2.75) is 19.1 Å². The fraction of sp³-hybridized carbons (Fsp3) is 0.417. The number of carbonyl (C=O) groups is 1. The van der Waals surface area contributed by atoms with E-state index in [1.54, 1.807) is 7.11 Å². The Bertz CT molecular complexity index is 367. The van der Waals surface area contributed by atoms with Gasteiger partial charge in [-0.3, -0.25) is 4.79 Å². The van der Waals surface area contributed by atoms with Crippen molar-refractivity contribution in [3.63, 3.8) is 0 Å². The number of rotatable bonds is 6. The number of ether oxygens (including phenoxy) is 1. The minimum absolute atomic E-state index is 0.0534. The van der Waals surface area contributed by atoms with Gasteiger partial charge < -0.3 is 15.8 Å². The monoisotopic (exact) mass is 300 g/mol. The summed E-state index contributed by atoms with van der Waals surface area (Å²) >= 11 is 3.38. The molecule has 0 saturated heterocycles. The smallest absolute Gasteiger partial charge is 0.222 e. The van der Waals surface area contributed by atoms with E-state index < -0.39 is 0 Å². The van der Waals surface area contributed by atoms with Crippen LogP contribution in [0.25, 0.3) is 0 Å². The summed E-state index contributed by atoms with van der Waals surface area (Å²) in [5.74, 6) is -0.0534. The summed E-state index contributed by atoms with van der Waals surface area (Å²) in [6, 6.07) is 7.81. The highest BCUT2D eigenvalue weighted by Crippen LogP contribution is 2.11. The molecule has 1 amide bonds. The van der Waals surface area contributed by atoms with E-state index in [0.29, 0.717) is 19.5 Å². The van der Waals surface area contributed by atoms with Crippen LogP contribution in [0.15, 0.2) is 28.7 Å². The van der Waals surface area contributed by atoms with Crippen molar-refractivity contribution in [3.05, 3.63) is 34.3 Å². The number of amides is 1. The molecule has 0 bridgehead atoms. The van der Waals surface area contributed by atoms with Crippen LogP contribution in [0.5, 0.6) is 0 Å². The highest BCUT2D eigenvalue weighted by Gasteiger charge is 2.10. The molecule has 0 aliphatic rings. The summed E-state index contributed by atoms with van der Waals surface area (Å²) in [4.78, 5) is 11.6. The van der Waals surface area contributed by atoms with Crippen LogP contribution in [0.1, 0.15) is 12.0 Å². The van der Waals surface area contributed by atoms with Crippen LogP contribution in [0, 0.1) is 0 Å². The van der Waals surface area contributed by atoms with Crippen molar-refractivity contribution in [1.29, 1.82) is 0 Å². The molecular formula is C12H17BrN2O2. The lowest BCUT2D eigenvalue weighted by molar-refractivity contribution is -0.123. The molecule has 3 N–H and O–H groups in total. The SMILES string of the molecule is COC(CN)CC(=O)NCc1cccc(Br)c1. The van der Waals surface area contributed by atoms with Crippen molar-refractivity contribution in [1.82, 2.24) is 5.32 Å². The number of halogens is 1. The molecule has 94 valence electrons. The second-order valence-electron chi connectivity index (χ2n) is 3.70. The Morgan fingerprint density at radius 2 is 2.35 bits per heavy atom. The molecule has 1 unspecified atom stereocenters. The van der Waals surface area contributed by atoms with E-state index in [9.17, 15) is 4.79 Å². The maximum atomic E-state index is 11.6. The van der Waals surface area contributed by atoms with Gasteiger partial charge >= 0.3 is 0 Å². The highest BCUT2D eigenvalue weighted by molar-refractivity contribution is 9.10. The van der Waals surface area contributed by atoms with Crippen LogP contribution >= 0.6 is 15.9 Å². The molecule has 0 spiro atoms. The summed E-state index contributed by atoms with van der Waals surface area (Å²) in [6.45, 7) is 0.861. The first-order valence-electron chi connectivity index (χ1n) is 5.39. The van der Waals surface area contributed by atoms with Gasteiger partial charge in [-0.1, -0.05) is 28.1 Å². The fourth-order valence-electron chi connectivity index (χ4n) is 1.39. The molecule has 17 heavy (non-hydrogen) atoms. The highest BCUT2D eigenvalue weighted by atomic mass is 79.9. The van der Waals surface area contributed by atoms with Crippen LogP contribution in [0.4, 0.5) is 0 Å². The molecule has 1 aromatic rings. The van der Waals surface area contributed by atoms with Crippen LogP contribution in [-0.2, 0) is 16.1 Å². The number of nitrogens with two attached hydrogens (primary N) is 1. The summed E-state index contributed by atoms with van der Waals surface area (Å²) in [5.41, 5.74) is 6.50. The van der Waals surface area contributed by atoms with Crippen molar-refractivity contribution < 1.29 is 9.53 Å². The van der Waals surface area contributed by atoms with Crippen molar-refractivity contribution in [2.75, 3.05) is 13.7 Å². The number of benzene rings is 1. The molecule has 0 aromatic heterocycles. The predicted molar refractivity (Wildman–Crippen MR) is 70.5 cm³/mol. The molecule has 0 saturated carbocycles. The van der Waals surface area contributed by atoms with Gasteiger partial charge in [0.05, 0.1) is 12.5 Å². The molecule has 5 heteroatoms. The summed E-state index contributed by atoms with van der Waals surface area (Å²) in [5, 5.41) is 2.83. The van der Waals surface area contributed by atoms with E-state index in [2.05, 4.69) is 21.2 Å². The maximum absolute atomic E-state index is 11.6. The molecule has 1 aromatic carbocycles. The Morgan fingerprint density at radius 3 is 2.94 bits per heavy atom. The lowest BCUT2D eigenvalue weighted by Gasteiger charge is -2.12.